The summed E-state index contributed by atoms with van der Waals surface area (Å²) in [5, 5.41) is 0. The van der Waals surface area contributed by atoms with E-state index in [1.54, 1.807) is 24.4 Å². The van der Waals surface area contributed by atoms with Gasteiger partial charge in [-0.25, -0.2) is 0 Å². The van der Waals surface area contributed by atoms with Crippen molar-refractivity contribution in [3.63, 3.8) is 0 Å². The normalized spacial score (nSPS) is 28.1. The summed E-state index contributed by atoms with van der Waals surface area (Å²) >= 11 is 0. The van der Waals surface area contributed by atoms with Crippen molar-refractivity contribution in [3.05, 3.63) is 30.1 Å². The number of hydrogen-bond donors (Lipinski definition) is 2. The van der Waals surface area contributed by atoms with Crippen LogP contribution < -0.4 is 10.9 Å². The highest BCUT2D eigenvalue weighted by Crippen LogP contribution is 2.48. The smallest absolute Gasteiger partial charge is 0.273 e. The molecule has 0 aromatic carbocycles. The van der Waals surface area contributed by atoms with Gasteiger partial charge in [0.05, 0.1) is 0 Å². The maximum absolute atomic E-state index is 12.0. The highest BCUT2D eigenvalue weighted by Gasteiger charge is 2.43. The molecule has 5 nitrogen and oxygen atoms in total. The number of fused-ring (bicyclic) bond motifs is 2. The van der Waals surface area contributed by atoms with Crippen molar-refractivity contribution in [2.75, 3.05) is 0 Å². The van der Waals surface area contributed by atoms with Gasteiger partial charge in [-0.3, -0.25) is 25.4 Å². The van der Waals surface area contributed by atoms with Crippen LogP contribution in [0.2, 0.25) is 0 Å². The molecule has 0 saturated heterocycles. The van der Waals surface area contributed by atoms with Crippen LogP contribution in [0.15, 0.2) is 24.4 Å². The molecule has 2 fully saturated rings. The van der Waals surface area contributed by atoms with E-state index in [0.717, 1.165) is 12.8 Å². The summed E-state index contributed by atoms with van der Waals surface area (Å²) < 4.78 is 0. The third kappa shape index (κ3) is 2.45. The zero-order chi connectivity index (χ0) is 13.2. The Morgan fingerprint density at radius 2 is 2.05 bits per heavy atom. The highest BCUT2D eigenvalue weighted by molar-refractivity contribution is 5.93. The molecule has 2 aliphatic rings. The summed E-state index contributed by atoms with van der Waals surface area (Å²) in [5.41, 5.74) is 5.26. The Balaban J connectivity index is 1.52. The molecule has 19 heavy (non-hydrogen) atoms. The first kappa shape index (κ1) is 12.1. The molecule has 1 aromatic rings. The predicted molar refractivity (Wildman–Crippen MR) is 68.8 cm³/mol. The molecule has 2 amide bonds. The minimum Gasteiger partial charge on any atom is -0.273 e. The largest absolute Gasteiger partial charge is 0.288 e. The van der Waals surface area contributed by atoms with Crippen LogP contribution in [0.25, 0.3) is 0 Å². The lowest BCUT2D eigenvalue weighted by Crippen LogP contribution is -2.45. The van der Waals surface area contributed by atoms with Crippen LogP contribution in [-0.4, -0.2) is 16.8 Å². The minimum atomic E-state index is -0.378. The molecule has 5 heteroatoms. The quantitative estimate of drug-likeness (QED) is 0.786. The van der Waals surface area contributed by atoms with Crippen LogP contribution in [0.3, 0.4) is 0 Å². The van der Waals surface area contributed by atoms with E-state index in [9.17, 15) is 9.59 Å². The van der Waals surface area contributed by atoms with E-state index in [4.69, 9.17) is 0 Å². The van der Waals surface area contributed by atoms with Gasteiger partial charge < -0.3 is 0 Å². The van der Waals surface area contributed by atoms with E-state index in [1.165, 1.54) is 12.8 Å². The Hall–Kier alpha value is -1.91. The number of aromatic nitrogens is 1. The SMILES string of the molecule is O=C(NNC(=O)C1CC2CCC1C2)c1ccccn1. The number of nitrogens with zero attached hydrogens (tertiary/aromatic N) is 1. The maximum Gasteiger partial charge on any atom is 0.288 e. The zero-order valence-corrected chi connectivity index (χ0v) is 10.6. The molecule has 0 aliphatic heterocycles. The second-order valence-corrected chi connectivity index (χ2v) is 5.44. The summed E-state index contributed by atoms with van der Waals surface area (Å²) in [5.74, 6) is 0.861. The van der Waals surface area contributed by atoms with Gasteiger partial charge in [0.15, 0.2) is 0 Å². The first-order chi connectivity index (χ1) is 9.24. The monoisotopic (exact) mass is 259 g/mol. The Kier molecular flexibility index (Phi) is 3.19. The molecule has 0 spiro atoms. The lowest BCUT2D eigenvalue weighted by Gasteiger charge is -2.20. The Morgan fingerprint density at radius 3 is 2.68 bits per heavy atom. The van der Waals surface area contributed by atoms with E-state index < -0.39 is 0 Å². The third-order valence-electron chi connectivity index (χ3n) is 4.27. The van der Waals surface area contributed by atoms with Crippen molar-refractivity contribution in [2.24, 2.45) is 17.8 Å². The number of pyridine rings is 1. The molecule has 100 valence electrons. The Morgan fingerprint density at radius 1 is 1.16 bits per heavy atom. The van der Waals surface area contributed by atoms with Gasteiger partial charge in [0.25, 0.3) is 5.91 Å². The van der Waals surface area contributed by atoms with Crippen molar-refractivity contribution in [3.8, 4) is 0 Å². The fraction of sp³-hybridized carbons (Fsp3) is 0.500. The van der Waals surface area contributed by atoms with Crippen molar-refractivity contribution in [1.82, 2.24) is 15.8 Å². The van der Waals surface area contributed by atoms with Crippen molar-refractivity contribution in [1.29, 1.82) is 0 Å². The van der Waals surface area contributed by atoms with Crippen molar-refractivity contribution in [2.45, 2.75) is 25.7 Å². The van der Waals surface area contributed by atoms with Crippen LogP contribution in [0.5, 0.6) is 0 Å². The van der Waals surface area contributed by atoms with Gasteiger partial charge in [-0.15, -0.1) is 0 Å². The summed E-state index contributed by atoms with van der Waals surface area (Å²) in [6.07, 6.45) is 6.10. The van der Waals surface area contributed by atoms with Crippen molar-refractivity contribution < 1.29 is 9.59 Å². The van der Waals surface area contributed by atoms with Gasteiger partial charge in [-0.1, -0.05) is 12.5 Å². The molecular weight excluding hydrogens is 242 g/mol. The number of rotatable bonds is 2. The van der Waals surface area contributed by atoms with Crippen LogP contribution in [-0.2, 0) is 4.79 Å². The summed E-state index contributed by atoms with van der Waals surface area (Å²) in [7, 11) is 0. The lowest BCUT2D eigenvalue weighted by atomic mass is 9.88. The summed E-state index contributed by atoms with van der Waals surface area (Å²) in [6, 6.07) is 5.09. The fourth-order valence-corrected chi connectivity index (χ4v) is 3.34. The zero-order valence-electron chi connectivity index (χ0n) is 10.6. The Labute approximate surface area is 111 Å². The average molecular weight is 259 g/mol. The van der Waals surface area contributed by atoms with Gasteiger partial charge in [-0.05, 0) is 43.2 Å². The minimum absolute atomic E-state index is 0.0588. The summed E-state index contributed by atoms with van der Waals surface area (Å²) in [6.45, 7) is 0. The van der Waals surface area contributed by atoms with Crippen LogP contribution in [0.1, 0.15) is 36.2 Å². The molecule has 3 rings (SSSR count). The molecule has 1 aromatic heterocycles. The Bertz CT molecular complexity index is 489. The van der Waals surface area contributed by atoms with E-state index in [1.807, 2.05) is 0 Å². The first-order valence-corrected chi connectivity index (χ1v) is 6.75. The van der Waals surface area contributed by atoms with E-state index in [2.05, 4.69) is 15.8 Å². The fourth-order valence-electron chi connectivity index (χ4n) is 3.34. The van der Waals surface area contributed by atoms with Gasteiger partial charge in [0, 0.05) is 12.1 Å². The maximum atomic E-state index is 12.0. The number of carbonyl (C=O) groups is 2. The standard InChI is InChI=1S/C14H17N3O2/c18-13(11-8-9-4-5-10(11)7-9)16-17-14(19)12-3-1-2-6-15-12/h1-3,6,9-11H,4-5,7-8H2,(H,16,18)(H,17,19). The molecule has 1 heterocycles. The van der Waals surface area contributed by atoms with Gasteiger partial charge in [0.1, 0.15) is 5.69 Å². The number of nitrogens with one attached hydrogen (secondary N) is 2. The summed E-state index contributed by atoms with van der Waals surface area (Å²) in [4.78, 5) is 27.7. The van der Waals surface area contributed by atoms with Gasteiger partial charge >= 0.3 is 0 Å². The second-order valence-electron chi connectivity index (χ2n) is 5.44. The third-order valence-corrected chi connectivity index (χ3v) is 4.27. The number of carbonyl (C=O) groups excluding carboxylic acids is 2. The number of hydrazine groups is 1. The lowest BCUT2D eigenvalue weighted by molar-refractivity contribution is -0.127. The highest BCUT2D eigenvalue weighted by atomic mass is 16.2. The molecule has 2 aliphatic carbocycles. The van der Waals surface area contributed by atoms with E-state index in [-0.39, 0.29) is 17.7 Å². The topological polar surface area (TPSA) is 71.1 Å². The van der Waals surface area contributed by atoms with Crippen LogP contribution >= 0.6 is 0 Å². The van der Waals surface area contributed by atoms with Crippen LogP contribution in [0.4, 0.5) is 0 Å². The first-order valence-electron chi connectivity index (χ1n) is 6.75. The number of hydrogen-bond acceptors (Lipinski definition) is 3. The van der Waals surface area contributed by atoms with Gasteiger partial charge in [0.2, 0.25) is 5.91 Å². The van der Waals surface area contributed by atoms with E-state index in [0.29, 0.717) is 17.5 Å². The molecule has 0 radical (unpaired) electrons. The average Bonchev–Trinajstić information content (AvgIpc) is 3.08. The van der Waals surface area contributed by atoms with Crippen LogP contribution in [0, 0.1) is 17.8 Å². The molecule has 3 unspecified atom stereocenters. The molecule has 2 saturated carbocycles. The van der Waals surface area contributed by atoms with E-state index >= 15 is 0 Å². The van der Waals surface area contributed by atoms with Gasteiger partial charge in [-0.2, -0.15) is 0 Å². The number of amides is 2. The second kappa shape index (κ2) is 4.99. The molecular formula is C14H17N3O2. The molecule has 3 atom stereocenters. The molecule has 2 bridgehead atoms. The predicted octanol–water partition coefficient (Wildman–Crippen LogP) is 1.28. The molecule has 2 N–H and O–H groups in total. The van der Waals surface area contributed by atoms with Crippen molar-refractivity contribution >= 4 is 11.8 Å².